The molecule has 0 radical (unpaired) electrons. The van der Waals surface area contributed by atoms with Gasteiger partial charge in [-0.1, -0.05) is 30.7 Å². The third-order valence-corrected chi connectivity index (χ3v) is 3.64. The molecule has 1 heterocycles. The van der Waals surface area contributed by atoms with Crippen LogP contribution in [0.1, 0.15) is 36.2 Å². The minimum Gasteiger partial charge on any atom is -0.306 e. The van der Waals surface area contributed by atoms with E-state index in [2.05, 4.69) is 36.4 Å². The zero-order valence-corrected chi connectivity index (χ0v) is 12.4. The zero-order chi connectivity index (χ0) is 13.8. The Kier molecular flexibility index (Phi) is 4.61. The molecule has 0 amide bonds. The Morgan fingerprint density at radius 1 is 1.32 bits per heavy atom. The smallest absolute Gasteiger partial charge is 0.0610 e. The fraction of sp³-hybridized carbons (Fsp3) is 0.400. The second-order valence-corrected chi connectivity index (χ2v) is 5.18. The van der Waals surface area contributed by atoms with E-state index < -0.39 is 0 Å². The van der Waals surface area contributed by atoms with Crippen molar-refractivity contribution in [1.29, 1.82) is 0 Å². The van der Waals surface area contributed by atoms with Crippen LogP contribution in [0.5, 0.6) is 0 Å². The highest BCUT2D eigenvalue weighted by molar-refractivity contribution is 6.30. The number of benzene rings is 1. The molecule has 0 aliphatic rings. The van der Waals surface area contributed by atoms with Crippen LogP contribution in [0.15, 0.2) is 30.5 Å². The average molecular weight is 278 g/mol. The average Bonchev–Trinajstić information content (AvgIpc) is 2.73. The second kappa shape index (κ2) is 6.22. The van der Waals surface area contributed by atoms with E-state index in [4.69, 9.17) is 11.6 Å². The molecule has 0 saturated heterocycles. The number of aromatic nitrogens is 2. The van der Waals surface area contributed by atoms with E-state index in [0.717, 1.165) is 18.0 Å². The molecule has 19 heavy (non-hydrogen) atoms. The summed E-state index contributed by atoms with van der Waals surface area (Å²) in [5.74, 6) is 0. The van der Waals surface area contributed by atoms with E-state index in [9.17, 15) is 0 Å². The van der Waals surface area contributed by atoms with E-state index in [1.165, 1.54) is 16.8 Å². The van der Waals surface area contributed by atoms with Crippen molar-refractivity contribution in [1.82, 2.24) is 15.1 Å². The summed E-state index contributed by atoms with van der Waals surface area (Å²) in [6.07, 6.45) is 3.04. The van der Waals surface area contributed by atoms with E-state index >= 15 is 0 Å². The first-order valence-corrected chi connectivity index (χ1v) is 6.98. The Labute approximate surface area is 119 Å². The van der Waals surface area contributed by atoms with Gasteiger partial charge in [-0.25, -0.2) is 0 Å². The number of hydrogen-bond donors (Lipinski definition) is 1. The molecule has 3 nitrogen and oxygen atoms in total. The van der Waals surface area contributed by atoms with Gasteiger partial charge in [0.25, 0.3) is 0 Å². The number of nitrogens with zero attached hydrogens (tertiary/aromatic N) is 2. The normalized spacial score (nSPS) is 12.6. The van der Waals surface area contributed by atoms with Gasteiger partial charge in [0.2, 0.25) is 0 Å². The highest BCUT2D eigenvalue weighted by Crippen LogP contribution is 2.25. The summed E-state index contributed by atoms with van der Waals surface area (Å²) < 4.78 is 1.91. The molecule has 0 bridgehead atoms. The molecule has 0 fully saturated rings. The number of hydrogen-bond acceptors (Lipinski definition) is 2. The Bertz CT molecular complexity index is 531. The standard InChI is InChI=1S/C15H20ClN3/c1-4-9-17-15(12-5-7-13(16)8-6-12)14-10-18-19(3)11(14)2/h5-8,10,15,17H,4,9H2,1-3H3. The van der Waals surface area contributed by atoms with Crippen LogP contribution in [0.25, 0.3) is 0 Å². The molecule has 1 N–H and O–H groups in total. The Hall–Kier alpha value is -1.32. The number of aryl methyl sites for hydroxylation is 1. The lowest BCUT2D eigenvalue weighted by Gasteiger charge is -2.19. The van der Waals surface area contributed by atoms with Crippen molar-refractivity contribution >= 4 is 11.6 Å². The van der Waals surface area contributed by atoms with Crippen LogP contribution in [-0.4, -0.2) is 16.3 Å². The number of halogens is 1. The molecule has 0 saturated carbocycles. The summed E-state index contributed by atoms with van der Waals surface area (Å²) >= 11 is 5.97. The maximum atomic E-state index is 5.97. The number of rotatable bonds is 5. The van der Waals surface area contributed by atoms with Crippen molar-refractivity contribution in [2.24, 2.45) is 7.05 Å². The first-order chi connectivity index (χ1) is 9.13. The molecular weight excluding hydrogens is 258 g/mol. The monoisotopic (exact) mass is 277 g/mol. The summed E-state index contributed by atoms with van der Waals surface area (Å²) in [7, 11) is 1.97. The fourth-order valence-corrected chi connectivity index (χ4v) is 2.28. The van der Waals surface area contributed by atoms with Crippen molar-refractivity contribution in [3.63, 3.8) is 0 Å². The molecule has 102 valence electrons. The van der Waals surface area contributed by atoms with Gasteiger partial charge in [0.05, 0.1) is 12.2 Å². The minimum absolute atomic E-state index is 0.172. The van der Waals surface area contributed by atoms with Crippen molar-refractivity contribution in [2.75, 3.05) is 6.54 Å². The molecule has 0 aliphatic carbocycles. The largest absolute Gasteiger partial charge is 0.306 e. The molecule has 0 spiro atoms. The summed E-state index contributed by atoms with van der Waals surface area (Å²) in [5.41, 5.74) is 3.62. The van der Waals surface area contributed by atoms with Crippen LogP contribution >= 0.6 is 11.6 Å². The number of nitrogens with one attached hydrogen (secondary N) is 1. The van der Waals surface area contributed by atoms with Crippen molar-refractivity contribution < 1.29 is 0 Å². The lowest BCUT2D eigenvalue weighted by molar-refractivity contribution is 0.594. The SMILES string of the molecule is CCCNC(c1ccc(Cl)cc1)c1cnn(C)c1C. The van der Waals surface area contributed by atoms with Crippen LogP contribution < -0.4 is 5.32 Å². The minimum atomic E-state index is 0.172. The molecule has 1 aromatic carbocycles. The van der Waals surface area contributed by atoms with E-state index in [1.807, 2.05) is 30.1 Å². The predicted octanol–water partition coefficient (Wildman–Crippen LogP) is 3.47. The van der Waals surface area contributed by atoms with Gasteiger partial charge < -0.3 is 5.32 Å². The van der Waals surface area contributed by atoms with Crippen LogP contribution in [0.3, 0.4) is 0 Å². The zero-order valence-electron chi connectivity index (χ0n) is 11.7. The highest BCUT2D eigenvalue weighted by Gasteiger charge is 2.17. The third-order valence-electron chi connectivity index (χ3n) is 3.39. The van der Waals surface area contributed by atoms with Crippen LogP contribution in [-0.2, 0) is 7.05 Å². The lowest BCUT2D eigenvalue weighted by Crippen LogP contribution is -2.23. The molecule has 1 aromatic heterocycles. The maximum absolute atomic E-state index is 5.97. The molecule has 0 aliphatic heterocycles. The van der Waals surface area contributed by atoms with Gasteiger partial charge in [0.1, 0.15) is 0 Å². The summed E-state index contributed by atoms with van der Waals surface area (Å²) in [6.45, 7) is 5.24. The summed E-state index contributed by atoms with van der Waals surface area (Å²) in [4.78, 5) is 0. The fourth-order valence-electron chi connectivity index (χ4n) is 2.15. The van der Waals surface area contributed by atoms with Crippen LogP contribution in [0, 0.1) is 6.92 Å². The van der Waals surface area contributed by atoms with Crippen molar-refractivity contribution in [2.45, 2.75) is 26.3 Å². The predicted molar refractivity (Wildman–Crippen MR) is 79.5 cm³/mol. The highest BCUT2D eigenvalue weighted by atomic mass is 35.5. The third kappa shape index (κ3) is 3.17. The van der Waals surface area contributed by atoms with E-state index in [-0.39, 0.29) is 6.04 Å². The molecule has 4 heteroatoms. The van der Waals surface area contributed by atoms with Gasteiger partial charge in [0.15, 0.2) is 0 Å². The summed E-state index contributed by atoms with van der Waals surface area (Å²) in [5, 5.41) is 8.68. The van der Waals surface area contributed by atoms with Gasteiger partial charge in [-0.2, -0.15) is 5.10 Å². The Morgan fingerprint density at radius 2 is 2.00 bits per heavy atom. The van der Waals surface area contributed by atoms with Gasteiger partial charge >= 0.3 is 0 Å². The summed E-state index contributed by atoms with van der Waals surface area (Å²) in [6, 6.07) is 8.18. The second-order valence-electron chi connectivity index (χ2n) is 4.75. The quantitative estimate of drug-likeness (QED) is 0.907. The molecule has 2 aromatic rings. The first kappa shape index (κ1) is 14.1. The van der Waals surface area contributed by atoms with Gasteiger partial charge in [-0.3, -0.25) is 4.68 Å². The molecule has 1 atom stereocenters. The Balaban J connectivity index is 2.35. The van der Waals surface area contributed by atoms with E-state index in [0.29, 0.717) is 0 Å². The van der Waals surface area contributed by atoms with Gasteiger partial charge in [-0.05, 0) is 37.6 Å². The molecule has 1 unspecified atom stereocenters. The topological polar surface area (TPSA) is 29.9 Å². The van der Waals surface area contributed by atoms with Crippen molar-refractivity contribution in [3.05, 3.63) is 52.3 Å². The lowest BCUT2D eigenvalue weighted by atomic mass is 9.99. The van der Waals surface area contributed by atoms with Crippen LogP contribution in [0.4, 0.5) is 0 Å². The maximum Gasteiger partial charge on any atom is 0.0610 e. The van der Waals surface area contributed by atoms with Crippen molar-refractivity contribution in [3.8, 4) is 0 Å². The Morgan fingerprint density at radius 3 is 2.53 bits per heavy atom. The van der Waals surface area contributed by atoms with Gasteiger partial charge in [0, 0.05) is 23.3 Å². The van der Waals surface area contributed by atoms with Gasteiger partial charge in [-0.15, -0.1) is 0 Å². The first-order valence-electron chi connectivity index (χ1n) is 6.60. The van der Waals surface area contributed by atoms with Crippen LogP contribution in [0.2, 0.25) is 5.02 Å². The van der Waals surface area contributed by atoms with E-state index in [1.54, 1.807) is 0 Å². The molecule has 2 rings (SSSR count). The molecular formula is C15H20ClN3.